The van der Waals surface area contributed by atoms with Crippen molar-refractivity contribution in [2.75, 3.05) is 15.8 Å². The molecule has 29 heavy (non-hydrogen) atoms. The van der Waals surface area contributed by atoms with Crippen molar-refractivity contribution < 1.29 is 14.1 Å². The van der Waals surface area contributed by atoms with Gasteiger partial charge in [0.1, 0.15) is 0 Å². The van der Waals surface area contributed by atoms with Gasteiger partial charge < -0.3 is 5.11 Å². The number of anilines is 1. The lowest BCUT2D eigenvalue weighted by atomic mass is 9.70. The van der Waals surface area contributed by atoms with Gasteiger partial charge in [-0.1, -0.05) is 11.6 Å². The van der Waals surface area contributed by atoms with Gasteiger partial charge in [-0.05, 0) is 91.1 Å². The van der Waals surface area contributed by atoms with Crippen molar-refractivity contribution in [1.29, 1.82) is 0 Å². The number of rotatable bonds is 4. The van der Waals surface area contributed by atoms with Crippen LogP contribution in [0.4, 0.5) is 5.69 Å². The highest BCUT2D eigenvalue weighted by Crippen LogP contribution is 2.59. The van der Waals surface area contributed by atoms with Gasteiger partial charge >= 0.3 is 5.97 Å². The lowest BCUT2D eigenvalue weighted by Crippen LogP contribution is -2.49. The van der Waals surface area contributed by atoms with Crippen LogP contribution in [-0.4, -0.2) is 32.8 Å². The third-order valence-electron chi connectivity index (χ3n) is 6.48. The summed E-state index contributed by atoms with van der Waals surface area (Å²) in [5, 5.41) is 10.2. The summed E-state index contributed by atoms with van der Waals surface area (Å²) >= 11 is 8.00. The molecule has 2 atom stereocenters. The Bertz CT molecular complexity index is 984. The molecule has 0 amide bonds. The molecule has 7 heteroatoms. The van der Waals surface area contributed by atoms with Crippen LogP contribution in [-0.2, 0) is 16.4 Å². The monoisotopic (exact) mass is 447 g/mol. The van der Waals surface area contributed by atoms with E-state index in [2.05, 4.69) is 4.31 Å². The molecule has 3 aliphatic rings. The molecule has 1 spiro atoms. The van der Waals surface area contributed by atoms with Crippen LogP contribution in [0.2, 0.25) is 5.02 Å². The van der Waals surface area contributed by atoms with Gasteiger partial charge in [0.2, 0.25) is 0 Å². The van der Waals surface area contributed by atoms with E-state index in [1.165, 1.54) is 0 Å². The van der Waals surface area contributed by atoms with E-state index in [0.717, 1.165) is 53.3 Å². The number of halogens is 1. The molecule has 0 aromatic heterocycles. The summed E-state index contributed by atoms with van der Waals surface area (Å²) in [6, 6.07) is 12.7. The van der Waals surface area contributed by atoms with Gasteiger partial charge in [-0.25, -0.2) is 9.00 Å². The number of benzene rings is 2. The Balaban J connectivity index is 1.67. The van der Waals surface area contributed by atoms with Crippen LogP contribution in [0.25, 0.3) is 0 Å². The SMILES string of the molecule is O=C(O)c1ccc2c(c1)C1(CCSCC1)C(C1CC1)N2S(=O)c1ccc(Cl)cc1. The molecular formula is C22H22ClNO3S2. The fourth-order valence-electron chi connectivity index (χ4n) is 5.01. The van der Waals surface area contributed by atoms with Gasteiger partial charge in [0.15, 0.2) is 11.0 Å². The number of carboxylic acid groups (broad SMARTS) is 1. The van der Waals surface area contributed by atoms with Gasteiger partial charge in [-0.2, -0.15) is 11.8 Å². The average Bonchev–Trinajstić information content (AvgIpc) is 3.53. The molecule has 2 aromatic rings. The van der Waals surface area contributed by atoms with E-state index in [1.54, 1.807) is 18.2 Å². The highest BCUT2D eigenvalue weighted by Gasteiger charge is 2.58. The van der Waals surface area contributed by atoms with Gasteiger partial charge in [0.25, 0.3) is 0 Å². The van der Waals surface area contributed by atoms with Crippen LogP contribution < -0.4 is 4.31 Å². The Kier molecular flexibility index (Phi) is 4.92. The molecule has 0 radical (unpaired) electrons. The number of hydrogen-bond acceptors (Lipinski definition) is 3. The summed E-state index contributed by atoms with van der Waals surface area (Å²) in [4.78, 5) is 12.4. The second-order valence-corrected chi connectivity index (χ2v) is 11.1. The van der Waals surface area contributed by atoms with E-state index in [1.807, 2.05) is 36.0 Å². The van der Waals surface area contributed by atoms with Crippen molar-refractivity contribution in [2.24, 2.45) is 5.92 Å². The molecule has 1 saturated heterocycles. The molecule has 1 aliphatic carbocycles. The number of hydrogen-bond donors (Lipinski definition) is 1. The van der Waals surface area contributed by atoms with E-state index in [9.17, 15) is 14.1 Å². The molecule has 2 aliphatic heterocycles. The highest BCUT2D eigenvalue weighted by molar-refractivity contribution is 7.99. The minimum absolute atomic E-state index is 0.116. The Morgan fingerprint density at radius 3 is 2.45 bits per heavy atom. The summed E-state index contributed by atoms with van der Waals surface area (Å²) in [7, 11) is -1.36. The third kappa shape index (κ3) is 3.20. The molecule has 2 unspecified atom stereocenters. The summed E-state index contributed by atoms with van der Waals surface area (Å²) < 4.78 is 15.9. The molecule has 5 rings (SSSR count). The van der Waals surface area contributed by atoms with E-state index in [4.69, 9.17) is 11.6 Å². The molecule has 1 saturated carbocycles. The molecule has 1 N–H and O–H groups in total. The molecule has 0 bridgehead atoms. The second-order valence-electron chi connectivity index (χ2n) is 8.12. The zero-order chi connectivity index (χ0) is 20.2. The predicted molar refractivity (Wildman–Crippen MR) is 118 cm³/mol. The van der Waals surface area contributed by atoms with E-state index < -0.39 is 17.0 Å². The molecule has 2 heterocycles. The topological polar surface area (TPSA) is 57.6 Å². The van der Waals surface area contributed by atoms with Crippen LogP contribution in [0.5, 0.6) is 0 Å². The van der Waals surface area contributed by atoms with E-state index in [-0.39, 0.29) is 11.5 Å². The fourth-order valence-corrected chi connectivity index (χ4v) is 7.87. The summed E-state index contributed by atoms with van der Waals surface area (Å²) in [5.41, 5.74) is 2.22. The maximum atomic E-state index is 13.8. The van der Waals surface area contributed by atoms with Crippen LogP contribution in [0, 0.1) is 5.92 Å². The van der Waals surface area contributed by atoms with Crippen molar-refractivity contribution in [2.45, 2.75) is 42.0 Å². The first kappa shape index (κ1) is 19.5. The molecule has 152 valence electrons. The van der Waals surface area contributed by atoms with Crippen molar-refractivity contribution >= 4 is 46.0 Å². The number of carboxylic acids is 1. The maximum Gasteiger partial charge on any atom is 0.335 e. The summed E-state index contributed by atoms with van der Waals surface area (Å²) in [6.45, 7) is 0. The molecule has 2 fully saturated rings. The smallest absolute Gasteiger partial charge is 0.335 e. The summed E-state index contributed by atoms with van der Waals surface area (Å²) in [5.74, 6) is 1.71. The third-order valence-corrected chi connectivity index (χ3v) is 9.18. The number of aromatic carboxylic acids is 1. The Morgan fingerprint density at radius 2 is 1.83 bits per heavy atom. The minimum atomic E-state index is -1.36. The number of thioether (sulfide) groups is 1. The molecule has 4 nitrogen and oxygen atoms in total. The zero-order valence-electron chi connectivity index (χ0n) is 15.8. The fraction of sp³-hybridized carbons (Fsp3) is 0.409. The van der Waals surface area contributed by atoms with Gasteiger partial charge in [-0.3, -0.25) is 4.31 Å². The Hall–Kier alpha value is -1.50. The van der Waals surface area contributed by atoms with Crippen LogP contribution >= 0.6 is 23.4 Å². The largest absolute Gasteiger partial charge is 0.478 e. The highest BCUT2D eigenvalue weighted by atomic mass is 35.5. The van der Waals surface area contributed by atoms with E-state index in [0.29, 0.717) is 16.5 Å². The normalized spacial score (nSPS) is 23.8. The standard InChI is InChI=1S/C22H22ClNO3S2/c23-16-4-6-17(7-5-16)29(27)24-19-8-3-15(21(25)26)13-18(19)22(9-11-28-12-10-22)20(24)14-1-2-14/h3-8,13-14,20H,1-2,9-12H2,(H,25,26). The van der Waals surface area contributed by atoms with Crippen LogP contribution in [0.15, 0.2) is 47.4 Å². The lowest BCUT2D eigenvalue weighted by Gasteiger charge is -2.41. The van der Waals surface area contributed by atoms with Crippen molar-refractivity contribution in [3.63, 3.8) is 0 Å². The Morgan fingerprint density at radius 1 is 1.14 bits per heavy atom. The zero-order valence-corrected chi connectivity index (χ0v) is 18.2. The van der Waals surface area contributed by atoms with E-state index >= 15 is 0 Å². The number of nitrogens with zero attached hydrogens (tertiary/aromatic N) is 1. The van der Waals surface area contributed by atoms with Crippen LogP contribution in [0.3, 0.4) is 0 Å². The van der Waals surface area contributed by atoms with Gasteiger partial charge in [-0.15, -0.1) is 0 Å². The second kappa shape index (κ2) is 7.33. The van der Waals surface area contributed by atoms with Crippen LogP contribution in [0.1, 0.15) is 41.6 Å². The van der Waals surface area contributed by atoms with Gasteiger partial charge in [0.05, 0.1) is 22.2 Å². The first-order chi connectivity index (χ1) is 14.0. The first-order valence-corrected chi connectivity index (χ1v) is 12.6. The van der Waals surface area contributed by atoms with Crippen molar-refractivity contribution in [3.05, 3.63) is 58.6 Å². The summed E-state index contributed by atoms with van der Waals surface area (Å²) in [6.07, 6.45) is 4.30. The predicted octanol–water partition coefficient (Wildman–Crippen LogP) is 5.12. The maximum absolute atomic E-state index is 13.8. The van der Waals surface area contributed by atoms with Gasteiger partial charge in [0, 0.05) is 10.4 Å². The lowest BCUT2D eigenvalue weighted by molar-refractivity contribution is 0.0696. The molecular weight excluding hydrogens is 426 g/mol. The molecule has 2 aromatic carbocycles. The Labute approximate surface area is 182 Å². The average molecular weight is 448 g/mol. The minimum Gasteiger partial charge on any atom is -0.478 e. The number of carbonyl (C=O) groups is 1. The first-order valence-electron chi connectivity index (χ1n) is 9.93. The van der Waals surface area contributed by atoms with Crippen molar-refractivity contribution in [3.8, 4) is 0 Å². The number of fused-ring (bicyclic) bond motifs is 2. The quantitative estimate of drug-likeness (QED) is 0.706. The van der Waals surface area contributed by atoms with Crippen molar-refractivity contribution in [1.82, 2.24) is 0 Å².